The summed E-state index contributed by atoms with van der Waals surface area (Å²) in [5.41, 5.74) is 6.00. The number of methoxy groups -OCH3 is 1. The monoisotopic (exact) mass is 318 g/mol. The summed E-state index contributed by atoms with van der Waals surface area (Å²) in [4.78, 5) is -0.0790. The minimum atomic E-state index is -3.84. The zero-order valence-corrected chi connectivity index (χ0v) is 13.6. The van der Waals surface area contributed by atoms with Crippen molar-refractivity contribution in [1.82, 2.24) is 4.72 Å². The van der Waals surface area contributed by atoms with Gasteiger partial charge in [0, 0.05) is 25.3 Å². The minimum absolute atomic E-state index is 0.0440. The zero-order chi connectivity index (χ0) is 16.2. The van der Waals surface area contributed by atoms with Crippen LogP contribution in [-0.2, 0) is 21.3 Å². The molecule has 1 atom stereocenters. The number of rotatable bonds is 7. The Labute approximate surface area is 125 Å². The van der Waals surface area contributed by atoms with Crippen LogP contribution in [0.25, 0.3) is 0 Å². The molecule has 0 saturated heterocycles. The summed E-state index contributed by atoms with van der Waals surface area (Å²) in [6.45, 7) is 5.53. The van der Waals surface area contributed by atoms with Gasteiger partial charge in [0.05, 0.1) is 11.5 Å². The van der Waals surface area contributed by atoms with E-state index < -0.39 is 15.8 Å². The zero-order valence-electron chi connectivity index (χ0n) is 12.8. The van der Waals surface area contributed by atoms with Gasteiger partial charge in [-0.1, -0.05) is 13.8 Å². The highest BCUT2D eigenvalue weighted by molar-refractivity contribution is 7.89. The quantitative estimate of drug-likeness (QED) is 0.799. The van der Waals surface area contributed by atoms with Gasteiger partial charge in [0.15, 0.2) is 0 Å². The van der Waals surface area contributed by atoms with Crippen LogP contribution in [0.3, 0.4) is 0 Å². The lowest BCUT2D eigenvalue weighted by atomic mass is 10.1. The molecule has 120 valence electrons. The first kappa shape index (κ1) is 18.0. The lowest BCUT2D eigenvalue weighted by Crippen LogP contribution is -2.41. The Kier molecular flexibility index (Phi) is 6.27. The molecule has 0 fully saturated rings. The summed E-state index contributed by atoms with van der Waals surface area (Å²) in [5, 5.41) is 0. The molecule has 1 rings (SSSR count). The van der Waals surface area contributed by atoms with Crippen molar-refractivity contribution >= 4 is 10.0 Å². The van der Waals surface area contributed by atoms with Crippen LogP contribution in [0.2, 0.25) is 0 Å². The molecule has 3 N–H and O–H groups in total. The summed E-state index contributed by atoms with van der Waals surface area (Å²) >= 11 is 0. The molecular formula is C14H23FN2O3S. The van der Waals surface area contributed by atoms with Crippen LogP contribution in [0.1, 0.15) is 25.0 Å². The van der Waals surface area contributed by atoms with Crippen molar-refractivity contribution in [1.29, 1.82) is 0 Å². The Morgan fingerprint density at radius 3 is 2.48 bits per heavy atom. The van der Waals surface area contributed by atoms with Crippen molar-refractivity contribution in [3.63, 3.8) is 0 Å². The average molecular weight is 318 g/mol. The second-order valence-corrected chi connectivity index (χ2v) is 7.01. The van der Waals surface area contributed by atoms with Crippen molar-refractivity contribution in [3.05, 3.63) is 29.1 Å². The number of hydrogen-bond acceptors (Lipinski definition) is 4. The lowest BCUT2D eigenvalue weighted by molar-refractivity contribution is 0.157. The van der Waals surface area contributed by atoms with E-state index in [-0.39, 0.29) is 35.6 Å². The summed E-state index contributed by atoms with van der Waals surface area (Å²) in [6.07, 6.45) is 0. The molecule has 5 nitrogen and oxygen atoms in total. The highest BCUT2D eigenvalue weighted by atomic mass is 32.2. The maximum Gasteiger partial charge on any atom is 0.241 e. The van der Waals surface area contributed by atoms with Gasteiger partial charge >= 0.3 is 0 Å². The van der Waals surface area contributed by atoms with Crippen LogP contribution < -0.4 is 10.5 Å². The van der Waals surface area contributed by atoms with E-state index in [4.69, 9.17) is 10.5 Å². The van der Waals surface area contributed by atoms with Gasteiger partial charge in [0.2, 0.25) is 10.0 Å². The average Bonchev–Trinajstić information content (AvgIpc) is 2.40. The molecule has 0 spiro atoms. The van der Waals surface area contributed by atoms with Crippen LogP contribution in [0.4, 0.5) is 4.39 Å². The van der Waals surface area contributed by atoms with E-state index in [1.54, 1.807) is 0 Å². The molecule has 0 aliphatic heterocycles. The first-order chi connectivity index (χ1) is 9.72. The predicted molar refractivity (Wildman–Crippen MR) is 79.9 cm³/mol. The number of sulfonamides is 1. The molecule has 0 radical (unpaired) electrons. The molecule has 21 heavy (non-hydrogen) atoms. The molecule has 0 aliphatic rings. The molecule has 0 bridgehead atoms. The Bertz CT molecular complexity index is 588. The van der Waals surface area contributed by atoms with E-state index in [2.05, 4.69) is 4.72 Å². The van der Waals surface area contributed by atoms with Crippen LogP contribution in [-0.4, -0.2) is 28.2 Å². The SMILES string of the molecule is COCC(NS(=O)(=O)c1cc(CN)cc(F)c1C)C(C)C. The molecule has 0 saturated carbocycles. The van der Waals surface area contributed by atoms with Crippen molar-refractivity contribution in [2.45, 2.75) is 38.3 Å². The molecule has 0 aliphatic carbocycles. The van der Waals surface area contributed by atoms with Crippen molar-refractivity contribution in [3.8, 4) is 0 Å². The van der Waals surface area contributed by atoms with Gasteiger partial charge < -0.3 is 10.5 Å². The Hall–Kier alpha value is -1.02. The number of halogens is 1. The normalized spacial score (nSPS) is 13.7. The summed E-state index contributed by atoms with van der Waals surface area (Å²) in [7, 11) is -2.33. The fraction of sp³-hybridized carbons (Fsp3) is 0.571. The van der Waals surface area contributed by atoms with Gasteiger partial charge in [0.1, 0.15) is 5.82 Å². The van der Waals surface area contributed by atoms with E-state index in [0.717, 1.165) is 0 Å². The van der Waals surface area contributed by atoms with Crippen LogP contribution in [0.5, 0.6) is 0 Å². The number of nitrogens with two attached hydrogens (primary N) is 1. The van der Waals surface area contributed by atoms with Crippen LogP contribution >= 0.6 is 0 Å². The second-order valence-electron chi connectivity index (χ2n) is 5.33. The van der Waals surface area contributed by atoms with Gasteiger partial charge in [-0.25, -0.2) is 17.5 Å². The minimum Gasteiger partial charge on any atom is -0.383 e. The number of ether oxygens (including phenoxy) is 1. The highest BCUT2D eigenvalue weighted by Crippen LogP contribution is 2.21. The fourth-order valence-corrected chi connectivity index (χ4v) is 3.58. The predicted octanol–water partition coefficient (Wildman–Crippen LogP) is 1.54. The van der Waals surface area contributed by atoms with E-state index in [1.165, 1.54) is 26.2 Å². The summed E-state index contributed by atoms with van der Waals surface area (Å²) < 4.78 is 46.4. The first-order valence-electron chi connectivity index (χ1n) is 6.73. The molecule has 1 unspecified atom stereocenters. The van der Waals surface area contributed by atoms with E-state index in [1.807, 2.05) is 13.8 Å². The topological polar surface area (TPSA) is 81.4 Å². The fourth-order valence-electron chi connectivity index (χ4n) is 1.91. The largest absolute Gasteiger partial charge is 0.383 e. The van der Waals surface area contributed by atoms with E-state index in [9.17, 15) is 12.8 Å². The third-order valence-electron chi connectivity index (χ3n) is 3.34. The molecular weight excluding hydrogens is 295 g/mol. The molecule has 0 aromatic heterocycles. The maximum atomic E-state index is 13.8. The van der Waals surface area contributed by atoms with E-state index >= 15 is 0 Å². The number of hydrogen-bond donors (Lipinski definition) is 2. The molecule has 0 amide bonds. The number of benzene rings is 1. The standard InChI is InChI=1S/C14H23FN2O3S/c1-9(2)13(8-20-4)17-21(18,19)14-6-11(7-16)5-12(15)10(14)3/h5-6,9,13,17H,7-8,16H2,1-4H3. The summed E-state index contributed by atoms with van der Waals surface area (Å²) in [6, 6.07) is 2.28. The third kappa shape index (κ3) is 4.47. The van der Waals surface area contributed by atoms with Crippen molar-refractivity contribution in [2.24, 2.45) is 11.7 Å². The molecule has 0 heterocycles. The maximum absolute atomic E-state index is 13.8. The molecule has 1 aromatic rings. The van der Waals surface area contributed by atoms with Gasteiger partial charge in [0.25, 0.3) is 0 Å². The Balaban J connectivity index is 3.21. The van der Waals surface area contributed by atoms with E-state index in [0.29, 0.717) is 5.56 Å². The molecule has 7 heteroatoms. The Morgan fingerprint density at radius 1 is 1.38 bits per heavy atom. The smallest absolute Gasteiger partial charge is 0.241 e. The van der Waals surface area contributed by atoms with Gasteiger partial charge in [-0.05, 0) is 30.5 Å². The third-order valence-corrected chi connectivity index (χ3v) is 4.96. The van der Waals surface area contributed by atoms with Crippen molar-refractivity contribution in [2.75, 3.05) is 13.7 Å². The first-order valence-corrected chi connectivity index (χ1v) is 8.21. The molecule has 1 aromatic carbocycles. The van der Waals surface area contributed by atoms with Crippen LogP contribution in [0.15, 0.2) is 17.0 Å². The Morgan fingerprint density at radius 2 is 2.00 bits per heavy atom. The van der Waals surface area contributed by atoms with Crippen LogP contribution in [0, 0.1) is 18.7 Å². The second kappa shape index (κ2) is 7.31. The van der Waals surface area contributed by atoms with Gasteiger partial charge in [-0.15, -0.1) is 0 Å². The number of nitrogens with one attached hydrogen (secondary N) is 1. The van der Waals surface area contributed by atoms with Crippen molar-refractivity contribution < 1.29 is 17.5 Å². The lowest BCUT2D eigenvalue weighted by Gasteiger charge is -2.22. The van der Waals surface area contributed by atoms with Gasteiger partial charge in [-0.2, -0.15) is 0 Å². The highest BCUT2D eigenvalue weighted by Gasteiger charge is 2.25. The van der Waals surface area contributed by atoms with Gasteiger partial charge in [-0.3, -0.25) is 0 Å². The summed E-state index contributed by atoms with van der Waals surface area (Å²) in [5.74, 6) is -0.534.